The number of nitrogens with zero attached hydrogens (tertiary/aromatic N) is 4. The molecular formula is C17H26N4O2. The van der Waals surface area contributed by atoms with E-state index in [1.807, 2.05) is 17.2 Å². The van der Waals surface area contributed by atoms with Gasteiger partial charge in [-0.25, -0.2) is 0 Å². The van der Waals surface area contributed by atoms with Crippen LogP contribution in [-0.4, -0.2) is 81.6 Å². The van der Waals surface area contributed by atoms with Gasteiger partial charge < -0.3 is 10.0 Å². The molecule has 2 saturated heterocycles. The number of aliphatic hydroxyl groups is 1. The van der Waals surface area contributed by atoms with Crippen LogP contribution in [0.25, 0.3) is 0 Å². The molecule has 1 N–H and O–H groups in total. The standard InChI is InChI=1S/C17H26N4O2/c1-14(23)20-11-16-10-19(9-15-4-3-5-18-8-15)6-7-21(16)17(2,12-20)13-22/h3-5,8,16,22H,6-7,9-13H2,1-2H3. The first-order chi connectivity index (χ1) is 11.0. The van der Waals surface area contributed by atoms with Crippen molar-refractivity contribution in [3.05, 3.63) is 30.1 Å². The van der Waals surface area contributed by atoms with Gasteiger partial charge in [0.05, 0.1) is 12.1 Å². The van der Waals surface area contributed by atoms with E-state index < -0.39 is 0 Å². The number of amides is 1. The van der Waals surface area contributed by atoms with Gasteiger partial charge >= 0.3 is 0 Å². The Morgan fingerprint density at radius 3 is 2.91 bits per heavy atom. The van der Waals surface area contributed by atoms with Crippen LogP contribution in [0, 0.1) is 0 Å². The zero-order chi connectivity index (χ0) is 16.4. The first kappa shape index (κ1) is 16.4. The topological polar surface area (TPSA) is 59.9 Å². The summed E-state index contributed by atoms with van der Waals surface area (Å²) in [5.74, 6) is 0.0914. The molecule has 0 spiro atoms. The van der Waals surface area contributed by atoms with Crippen LogP contribution in [0.15, 0.2) is 24.5 Å². The summed E-state index contributed by atoms with van der Waals surface area (Å²) in [5.41, 5.74) is 0.875. The molecule has 2 fully saturated rings. The van der Waals surface area contributed by atoms with Gasteiger partial charge in [-0.3, -0.25) is 19.6 Å². The van der Waals surface area contributed by atoms with Gasteiger partial charge in [0, 0.05) is 64.6 Å². The van der Waals surface area contributed by atoms with Crippen LogP contribution < -0.4 is 0 Å². The number of pyridine rings is 1. The molecule has 0 radical (unpaired) electrons. The van der Waals surface area contributed by atoms with Crippen molar-refractivity contribution in [3.8, 4) is 0 Å². The Kier molecular flexibility index (Phi) is 4.66. The van der Waals surface area contributed by atoms with E-state index >= 15 is 0 Å². The molecule has 2 atom stereocenters. The molecule has 1 aromatic rings. The molecule has 3 rings (SSSR count). The number of rotatable bonds is 3. The fourth-order valence-electron chi connectivity index (χ4n) is 3.88. The molecule has 6 heteroatoms. The van der Waals surface area contributed by atoms with Crippen LogP contribution in [0.4, 0.5) is 0 Å². The van der Waals surface area contributed by atoms with E-state index in [0.717, 1.165) is 32.7 Å². The molecule has 6 nitrogen and oxygen atoms in total. The number of aliphatic hydroxyl groups excluding tert-OH is 1. The van der Waals surface area contributed by atoms with Crippen molar-refractivity contribution in [2.75, 3.05) is 39.3 Å². The molecule has 0 aromatic carbocycles. The second-order valence-electron chi connectivity index (χ2n) is 7.00. The average molecular weight is 318 g/mol. The summed E-state index contributed by atoms with van der Waals surface area (Å²) in [6.45, 7) is 8.80. The van der Waals surface area contributed by atoms with Gasteiger partial charge in [0.15, 0.2) is 0 Å². The maximum Gasteiger partial charge on any atom is 0.219 e. The molecule has 0 saturated carbocycles. The van der Waals surface area contributed by atoms with E-state index in [4.69, 9.17) is 0 Å². The van der Waals surface area contributed by atoms with Crippen LogP contribution in [0.5, 0.6) is 0 Å². The molecular weight excluding hydrogens is 292 g/mol. The van der Waals surface area contributed by atoms with Gasteiger partial charge in [0.25, 0.3) is 0 Å². The van der Waals surface area contributed by atoms with Crippen molar-refractivity contribution in [1.29, 1.82) is 0 Å². The lowest BCUT2D eigenvalue weighted by Gasteiger charge is -2.56. The summed E-state index contributed by atoms with van der Waals surface area (Å²) in [5, 5.41) is 9.89. The minimum Gasteiger partial charge on any atom is -0.394 e. The summed E-state index contributed by atoms with van der Waals surface area (Å²) in [4.78, 5) is 22.7. The summed E-state index contributed by atoms with van der Waals surface area (Å²) >= 11 is 0. The molecule has 1 aromatic heterocycles. The number of hydrogen-bond acceptors (Lipinski definition) is 5. The third-order valence-electron chi connectivity index (χ3n) is 5.14. The maximum absolute atomic E-state index is 11.9. The molecule has 23 heavy (non-hydrogen) atoms. The van der Waals surface area contributed by atoms with Crippen molar-refractivity contribution >= 4 is 5.91 Å². The zero-order valence-electron chi connectivity index (χ0n) is 14.0. The van der Waals surface area contributed by atoms with Crippen LogP contribution in [0.3, 0.4) is 0 Å². The number of hydrogen-bond donors (Lipinski definition) is 1. The minimum absolute atomic E-state index is 0.0793. The monoisotopic (exact) mass is 318 g/mol. The Morgan fingerprint density at radius 1 is 1.43 bits per heavy atom. The van der Waals surface area contributed by atoms with Gasteiger partial charge in [-0.05, 0) is 18.6 Å². The Morgan fingerprint density at radius 2 is 2.26 bits per heavy atom. The van der Waals surface area contributed by atoms with Crippen molar-refractivity contribution < 1.29 is 9.90 Å². The van der Waals surface area contributed by atoms with Crippen molar-refractivity contribution in [3.63, 3.8) is 0 Å². The smallest absolute Gasteiger partial charge is 0.219 e. The van der Waals surface area contributed by atoms with E-state index in [9.17, 15) is 9.90 Å². The molecule has 0 bridgehead atoms. The fourth-order valence-corrected chi connectivity index (χ4v) is 3.88. The fraction of sp³-hybridized carbons (Fsp3) is 0.647. The van der Waals surface area contributed by atoms with Crippen molar-refractivity contribution in [1.82, 2.24) is 19.7 Å². The molecule has 0 aliphatic carbocycles. The van der Waals surface area contributed by atoms with E-state index in [1.165, 1.54) is 5.56 Å². The second-order valence-corrected chi connectivity index (χ2v) is 7.00. The number of piperazine rings is 2. The summed E-state index contributed by atoms with van der Waals surface area (Å²) in [6.07, 6.45) is 3.70. The quantitative estimate of drug-likeness (QED) is 0.862. The van der Waals surface area contributed by atoms with Gasteiger partial charge in [-0.1, -0.05) is 6.07 Å². The zero-order valence-corrected chi connectivity index (χ0v) is 14.0. The average Bonchev–Trinajstić information content (AvgIpc) is 2.55. The normalized spacial score (nSPS) is 29.3. The predicted octanol–water partition coefficient (Wildman–Crippen LogP) is 0.181. The van der Waals surface area contributed by atoms with Crippen LogP contribution in [-0.2, 0) is 11.3 Å². The van der Waals surface area contributed by atoms with E-state index in [2.05, 4.69) is 27.8 Å². The lowest BCUT2D eigenvalue weighted by molar-refractivity contribution is -0.143. The lowest BCUT2D eigenvalue weighted by atomic mass is 9.91. The number of fused-ring (bicyclic) bond motifs is 1. The second kappa shape index (κ2) is 6.55. The highest BCUT2D eigenvalue weighted by Crippen LogP contribution is 2.28. The lowest BCUT2D eigenvalue weighted by Crippen LogP contribution is -2.72. The number of aromatic nitrogens is 1. The van der Waals surface area contributed by atoms with E-state index in [-0.39, 0.29) is 24.1 Å². The Hall–Kier alpha value is -1.50. The highest BCUT2D eigenvalue weighted by molar-refractivity contribution is 5.73. The van der Waals surface area contributed by atoms with Crippen LogP contribution in [0.1, 0.15) is 19.4 Å². The Balaban J connectivity index is 1.71. The summed E-state index contributed by atoms with van der Waals surface area (Å²) in [6, 6.07) is 4.34. The van der Waals surface area contributed by atoms with Crippen LogP contribution in [0.2, 0.25) is 0 Å². The summed E-state index contributed by atoms with van der Waals surface area (Å²) < 4.78 is 0. The largest absolute Gasteiger partial charge is 0.394 e. The molecule has 3 heterocycles. The minimum atomic E-state index is -0.338. The van der Waals surface area contributed by atoms with E-state index in [0.29, 0.717) is 6.54 Å². The highest BCUT2D eigenvalue weighted by atomic mass is 16.3. The van der Waals surface area contributed by atoms with Crippen molar-refractivity contribution in [2.45, 2.75) is 32.0 Å². The van der Waals surface area contributed by atoms with Gasteiger partial charge in [0.2, 0.25) is 5.91 Å². The first-order valence-corrected chi connectivity index (χ1v) is 8.26. The predicted molar refractivity (Wildman–Crippen MR) is 87.8 cm³/mol. The molecule has 1 amide bonds. The molecule has 126 valence electrons. The Bertz CT molecular complexity index is 553. The first-order valence-electron chi connectivity index (χ1n) is 8.26. The number of carbonyl (C=O) groups is 1. The molecule has 2 aliphatic heterocycles. The third-order valence-corrected chi connectivity index (χ3v) is 5.14. The SMILES string of the molecule is CC(=O)N1CC2CN(Cc3cccnc3)CCN2C(C)(CO)C1. The molecule has 2 aliphatic rings. The van der Waals surface area contributed by atoms with Gasteiger partial charge in [0.1, 0.15) is 0 Å². The Labute approximate surface area is 137 Å². The van der Waals surface area contributed by atoms with E-state index in [1.54, 1.807) is 13.1 Å². The van der Waals surface area contributed by atoms with Crippen LogP contribution >= 0.6 is 0 Å². The summed E-state index contributed by atoms with van der Waals surface area (Å²) in [7, 11) is 0. The molecule has 2 unspecified atom stereocenters. The van der Waals surface area contributed by atoms with Gasteiger partial charge in [-0.2, -0.15) is 0 Å². The van der Waals surface area contributed by atoms with Crippen molar-refractivity contribution in [2.24, 2.45) is 0 Å². The third kappa shape index (κ3) is 3.39. The number of carbonyl (C=O) groups excluding carboxylic acids is 1. The highest BCUT2D eigenvalue weighted by Gasteiger charge is 2.45. The maximum atomic E-state index is 11.9. The van der Waals surface area contributed by atoms with Gasteiger partial charge in [-0.15, -0.1) is 0 Å².